The number of anilines is 1. The Morgan fingerprint density at radius 2 is 1.86 bits per heavy atom. The molecule has 260 valence electrons. The summed E-state index contributed by atoms with van der Waals surface area (Å²) in [4.78, 5) is 32.1. The molecule has 2 aliphatic carbocycles. The number of hydrogen-bond acceptors (Lipinski definition) is 8. The Bertz CT molecular complexity index is 2010. The number of aromatic nitrogens is 1. The Morgan fingerprint density at radius 3 is 2.54 bits per heavy atom. The van der Waals surface area contributed by atoms with Crippen LogP contribution in [-0.4, -0.2) is 46.9 Å². The number of carbonyl (C=O) groups is 2. The lowest BCUT2D eigenvalue weighted by atomic mass is 9.80. The highest BCUT2D eigenvalue weighted by Gasteiger charge is 2.46. The average molecular weight is 721 g/mol. The Labute approximate surface area is 296 Å². The minimum Gasteiger partial charge on any atom is -0.489 e. The highest BCUT2D eigenvalue weighted by molar-refractivity contribution is 7.99. The third-order valence-corrected chi connectivity index (χ3v) is 11.0. The third kappa shape index (κ3) is 6.47. The van der Waals surface area contributed by atoms with Crippen LogP contribution in [0.4, 0.5) is 14.5 Å². The van der Waals surface area contributed by atoms with Crippen LogP contribution in [0.3, 0.4) is 0 Å². The zero-order valence-corrected chi connectivity index (χ0v) is 28.7. The van der Waals surface area contributed by atoms with Gasteiger partial charge in [-0.05, 0) is 68.4 Å². The number of aliphatic hydroxyl groups is 1. The number of thioether (sulfide) groups is 1. The number of nitrogen functional groups attached to an aromatic ring is 1. The topological polar surface area (TPSA) is 150 Å². The number of halogens is 3. The normalized spacial score (nSPS) is 19.3. The molecule has 0 radical (unpaired) electrons. The van der Waals surface area contributed by atoms with E-state index in [0.717, 1.165) is 29.6 Å². The van der Waals surface area contributed by atoms with Crippen molar-refractivity contribution >= 4 is 40.9 Å². The molecule has 50 heavy (non-hydrogen) atoms. The maximum atomic E-state index is 15.4. The second-order valence-electron chi connectivity index (χ2n) is 13.3. The molecule has 2 atom stereocenters. The van der Waals surface area contributed by atoms with Crippen LogP contribution in [0, 0.1) is 17.6 Å². The lowest BCUT2D eigenvalue weighted by molar-refractivity contribution is -0.123. The summed E-state index contributed by atoms with van der Waals surface area (Å²) in [7, 11) is 0. The average Bonchev–Trinajstić information content (AvgIpc) is 4.05. The smallest absolute Gasteiger partial charge is 0.251 e. The van der Waals surface area contributed by atoms with E-state index in [1.807, 2.05) is 0 Å². The fourth-order valence-electron chi connectivity index (χ4n) is 5.86. The molecule has 7 rings (SSSR count). The van der Waals surface area contributed by atoms with E-state index in [4.69, 9.17) is 32.5 Å². The molecule has 9 nitrogen and oxygen atoms in total. The van der Waals surface area contributed by atoms with Gasteiger partial charge in [-0.2, -0.15) is 0 Å². The van der Waals surface area contributed by atoms with E-state index in [2.05, 4.69) is 10.3 Å². The summed E-state index contributed by atoms with van der Waals surface area (Å²) < 4.78 is 41.5. The monoisotopic (exact) mass is 720 g/mol. The minimum atomic E-state index is -2.03. The first kappa shape index (κ1) is 34.1. The molecule has 3 aromatic carbocycles. The van der Waals surface area contributed by atoms with E-state index in [9.17, 15) is 19.1 Å². The van der Waals surface area contributed by atoms with Gasteiger partial charge in [0.15, 0.2) is 0 Å². The number of pyridine rings is 1. The second-order valence-corrected chi connectivity index (χ2v) is 14.8. The molecular weight excluding hydrogens is 686 g/mol. The number of benzene rings is 3. The zero-order chi connectivity index (χ0) is 35.4. The lowest BCUT2D eigenvalue weighted by Crippen LogP contribution is -2.43. The number of primary amides is 1. The van der Waals surface area contributed by atoms with Gasteiger partial charge < -0.3 is 31.4 Å². The van der Waals surface area contributed by atoms with Crippen molar-refractivity contribution in [2.45, 2.75) is 54.6 Å². The van der Waals surface area contributed by atoms with Gasteiger partial charge in [0, 0.05) is 33.4 Å². The van der Waals surface area contributed by atoms with Crippen LogP contribution >= 0.6 is 23.4 Å². The zero-order valence-electron chi connectivity index (χ0n) is 27.1. The van der Waals surface area contributed by atoms with E-state index in [1.165, 1.54) is 18.9 Å². The summed E-state index contributed by atoms with van der Waals surface area (Å²) in [6, 6.07) is 14.9. The molecule has 0 saturated heterocycles. The highest BCUT2D eigenvalue weighted by atomic mass is 35.5. The number of rotatable bonds is 12. The molecule has 2 amide bonds. The van der Waals surface area contributed by atoms with Crippen LogP contribution in [-0.2, 0) is 15.8 Å². The third-order valence-electron chi connectivity index (χ3n) is 9.42. The number of nitrogens with zero attached hydrogens (tertiary/aromatic N) is 1. The molecule has 2 heterocycles. The van der Waals surface area contributed by atoms with Crippen LogP contribution in [0.1, 0.15) is 59.8 Å². The van der Waals surface area contributed by atoms with Crippen molar-refractivity contribution in [2.75, 3.05) is 24.6 Å². The molecular formula is C37H35ClF2N4O5S. The summed E-state index contributed by atoms with van der Waals surface area (Å²) in [5, 5.41) is 15.1. The first-order valence-corrected chi connectivity index (χ1v) is 17.7. The quantitative estimate of drug-likeness (QED) is 0.0779. The van der Waals surface area contributed by atoms with E-state index in [1.54, 1.807) is 61.2 Å². The van der Waals surface area contributed by atoms with E-state index in [-0.39, 0.29) is 46.0 Å². The van der Waals surface area contributed by atoms with Crippen LogP contribution in [0.2, 0.25) is 5.02 Å². The predicted molar refractivity (Wildman–Crippen MR) is 186 cm³/mol. The fourth-order valence-corrected chi connectivity index (χ4v) is 7.24. The van der Waals surface area contributed by atoms with Crippen molar-refractivity contribution in [3.8, 4) is 22.8 Å². The Balaban J connectivity index is 1.30. The van der Waals surface area contributed by atoms with Gasteiger partial charge in [0.2, 0.25) is 5.91 Å². The van der Waals surface area contributed by atoms with E-state index in [0.29, 0.717) is 34.5 Å². The van der Waals surface area contributed by atoms with Crippen molar-refractivity contribution < 1.29 is 33.0 Å². The molecule has 2 fully saturated rings. The molecule has 0 unspecified atom stereocenters. The molecule has 1 aliphatic heterocycles. The summed E-state index contributed by atoms with van der Waals surface area (Å²) in [6.07, 6.45) is 4.21. The van der Waals surface area contributed by atoms with E-state index >= 15 is 4.39 Å². The van der Waals surface area contributed by atoms with Crippen LogP contribution in [0.5, 0.6) is 11.5 Å². The molecule has 3 aliphatic rings. The number of fused-ring (bicyclic) bond motifs is 1. The van der Waals surface area contributed by atoms with Gasteiger partial charge in [-0.1, -0.05) is 41.9 Å². The molecule has 2 saturated carbocycles. The summed E-state index contributed by atoms with van der Waals surface area (Å²) in [6.45, 7) is 0.985. The number of amides is 2. The molecule has 13 heteroatoms. The van der Waals surface area contributed by atoms with Gasteiger partial charge >= 0.3 is 0 Å². The van der Waals surface area contributed by atoms with Crippen molar-refractivity contribution in [1.29, 1.82) is 0 Å². The summed E-state index contributed by atoms with van der Waals surface area (Å²) in [5.41, 5.74) is 9.86. The number of nitrogens with one attached hydrogen (secondary N) is 1. The molecule has 0 bridgehead atoms. The summed E-state index contributed by atoms with van der Waals surface area (Å²) >= 11 is 7.65. The standard InChI is InChI=1S/C37H35ClF2N4O5S/c1-36(35(42)46)18-48-33-24(36)14-30(44-32(33)23-13-25(38)27(40)15-26(23)39)37(47,21-5-3-2-4-6-21)17-43-34(45)20-11-28(49-22-9-10-22)31(41)29(12-20)50-16-19-7-8-19/h2-6,11-15,19,22,47H,7-10,16-18,41H2,1H3,(H2,42,46)(H,43,45)/t36-,37+/m0/s1. The van der Waals surface area contributed by atoms with Crippen LogP contribution in [0.25, 0.3) is 11.3 Å². The van der Waals surface area contributed by atoms with Crippen molar-refractivity contribution in [3.05, 3.63) is 99.7 Å². The molecule has 0 spiro atoms. The maximum Gasteiger partial charge on any atom is 0.251 e. The molecule has 1 aromatic heterocycles. The second kappa shape index (κ2) is 13.1. The van der Waals surface area contributed by atoms with Gasteiger partial charge in [0.1, 0.15) is 46.5 Å². The van der Waals surface area contributed by atoms with Crippen LogP contribution < -0.4 is 26.3 Å². The Hall–Kier alpha value is -4.39. The highest BCUT2D eigenvalue weighted by Crippen LogP contribution is 2.47. The first-order chi connectivity index (χ1) is 23.9. The maximum absolute atomic E-state index is 15.4. The van der Waals surface area contributed by atoms with Gasteiger partial charge in [0.05, 0.1) is 29.1 Å². The Morgan fingerprint density at radius 1 is 1.12 bits per heavy atom. The number of hydrogen-bond donors (Lipinski definition) is 4. The predicted octanol–water partition coefficient (Wildman–Crippen LogP) is 6.11. The van der Waals surface area contributed by atoms with Crippen molar-refractivity contribution in [3.63, 3.8) is 0 Å². The minimum absolute atomic E-state index is 0.0392. The van der Waals surface area contributed by atoms with Gasteiger partial charge in [0.25, 0.3) is 5.91 Å². The number of nitrogens with two attached hydrogens (primary N) is 2. The van der Waals surface area contributed by atoms with Gasteiger partial charge in [-0.3, -0.25) is 9.59 Å². The van der Waals surface area contributed by atoms with E-state index < -0.39 is 41.0 Å². The lowest BCUT2D eigenvalue weighted by Gasteiger charge is -2.30. The fraction of sp³-hybridized carbons (Fsp3) is 0.324. The van der Waals surface area contributed by atoms with Crippen molar-refractivity contribution in [1.82, 2.24) is 10.3 Å². The van der Waals surface area contributed by atoms with Crippen molar-refractivity contribution in [2.24, 2.45) is 11.7 Å². The number of carbonyl (C=O) groups excluding carboxylic acids is 2. The molecule has 4 aromatic rings. The number of ether oxygens (including phenoxy) is 2. The van der Waals surface area contributed by atoms with Crippen LogP contribution in [0.15, 0.2) is 65.6 Å². The van der Waals surface area contributed by atoms with Gasteiger partial charge in [-0.15, -0.1) is 11.8 Å². The summed E-state index contributed by atoms with van der Waals surface area (Å²) in [5.74, 6) is -1.22. The Kier molecular flexibility index (Phi) is 8.90. The molecule has 6 N–H and O–H groups in total. The van der Waals surface area contributed by atoms with Gasteiger partial charge in [-0.25, -0.2) is 13.8 Å². The SMILES string of the molecule is C[C@]1(C(N)=O)COc2c1cc([C@@](O)(CNC(=O)c1cc(OC3CC3)c(N)c(SCC3CC3)c1)c1ccccc1)nc2-c1cc(Cl)c(F)cc1F. The largest absolute Gasteiger partial charge is 0.489 e. The first-order valence-electron chi connectivity index (χ1n) is 16.3.